The van der Waals surface area contributed by atoms with Crippen LogP contribution in [0.1, 0.15) is 23.2 Å². The molecule has 0 aliphatic carbocycles. The van der Waals surface area contributed by atoms with E-state index in [4.69, 9.17) is 0 Å². The quantitative estimate of drug-likeness (QED) is 0.810. The fraction of sp³-hybridized carbons (Fsp3) is 0.417. The largest absolute Gasteiger partial charge is 0.391 e. The summed E-state index contributed by atoms with van der Waals surface area (Å²) in [7, 11) is 0. The monoisotopic (exact) mass is 241 g/mol. The Morgan fingerprint density at radius 1 is 1.35 bits per heavy atom. The number of likely N-dealkylation sites (tertiary alicyclic amines) is 1. The SMILES string of the molecule is O=C(c1ccc(F)c(F)c1)N1CCC[C@H](O)C1. The van der Waals surface area contributed by atoms with E-state index in [0.717, 1.165) is 18.6 Å². The van der Waals surface area contributed by atoms with E-state index < -0.39 is 17.7 Å². The number of nitrogens with zero attached hydrogens (tertiary/aromatic N) is 1. The third-order valence-corrected chi connectivity index (χ3v) is 2.85. The van der Waals surface area contributed by atoms with Crippen molar-refractivity contribution in [2.24, 2.45) is 0 Å². The van der Waals surface area contributed by atoms with Crippen molar-refractivity contribution in [1.82, 2.24) is 4.90 Å². The first-order chi connectivity index (χ1) is 8.08. The van der Waals surface area contributed by atoms with E-state index >= 15 is 0 Å². The molecule has 0 bridgehead atoms. The van der Waals surface area contributed by atoms with E-state index in [9.17, 15) is 18.7 Å². The van der Waals surface area contributed by atoms with Crippen LogP contribution in [0.5, 0.6) is 0 Å². The van der Waals surface area contributed by atoms with Gasteiger partial charge in [0.05, 0.1) is 6.10 Å². The van der Waals surface area contributed by atoms with Crippen LogP contribution < -0.4 is 0 Å². The third kappa shape index (κ3) is 2.61. The average molecular weight is 241 g/mol. The summed E-state index contributed by atoms with van der Waals surface area (Å²) >= 11 is 0. The van der Waals surface area contributed by atoms with Crippen LogP contribution in [0.2, 0.25) is 0 Å². The van der Waals surface area contributed by atoms with Crippen molar-refractivity contribution in [3.8, 4) is 0 Å². The van der Waals surface area contributed by atoms with Crippen LogP contribution in [0.25, 0.3) is 0 Å². The Morgan fingerprint density at radius 3 is 2.76 bits per heavy atom. The topological polar surface area (TPSA) is 40.5 Å². The van der Waals surface area contributed by atoms with Gasteiger partial charge in [-0.15, -0.1) is 0 Å². The van der Waals surface area contributed by atoms with Gasteiger partial charge in [0.15, 0.2) is 11.6 Å². The molecule has 0 saturated carbocycles. The maximum atomic E-state index is 13.0. The lowest BCUT2D eigenvalue weighted by Gasteiger charge is -2.30. The van der Waals surface area contributed by atoms with Crippen LogP contribution in [0.4, 0.5) is 8.78 Å². The molecule has 0 aromatic heterocycles. The zero-order chi connectivity index (χ0) is 12.4. The zero-order valence-corrected chi connectivity index (χ0v) is 9.20. The molecule has 3 nitrogen and oxygen atoms in total. The van der Waals surface area contributed by atoms with Crippen LogP contribution >= 0.6 is 0 Å². The highest BCUT2D eigenvalue weighted by Crippen LogP contribution is 2.15. The fourth-order valence-corrected chi connectivity index (χ4v) is 1.95. The second-order valence-corrected chi connectivity index (χ2v) is 4.18. The summed E-state index contributed by atoms with van der Waals surface area (Å²) in [6.07, 6.45) is 0.857. The summed E-state index contributed by atoms with van der Waals surface area (Å²) in [5.74, 6) is -2.38. The predicted molar refractivity (Wildman–Crippen MR) is 57.5 cm³/mol. The Balaban J connectivity index is 2.15. The highest BCUT2D eigenvalue weighted by atomic mass is 19.2. The van der Waals surface area contributed by atoms with Gasteiger partial charge < -0.3 is 10.0 Å². The number of carbonyl (C=O) groups is 1. The van der Waals surface area contributed by atoms with Crippen LogP contribution in [0.3, 0.4) is 0 Å². The highest BCUT2D eigenvalue weighted by molar-refractivity contribution is 5.94. The lowest BCUT2D eigenvalue weighted by molar-refractivity contribution is 0.0473. The fourth-order valence-electron chi connectivity index (χ4n) is 1.95. The van der Waals surface area contributed by atoms with E-state index in [2.05, 4.69) is 0 Å². The minimum Gasteiger partial charge on any atom is -0.391 e. The number of hydrogen-bond acceptors (Lipinski definition) is 2. The number of piperidine rings is 1. The minimum absolute atomic E-state index is 0.109. The van der Waals surface area contributed by atoms with Crippen molar-refractivity contribution in [2.45, 2.75) is 18.9 Å². The summed E-state index contributed by atoms with van der Waals surface area (Å²) in [4.78, 5) is 13.4. The molecule has 1 heterocycles. The maximum Gasteiger partial charge on any atom is 0.254 e. The van der Waals surface area contributed by atoms with Crippen LogP contribution in [-0.4, -0.2) is 35.1 Å². The molecule has 17 heavy (non-hydrogen) atoms. The number of aliphatic hydroxyl groups is 1. The Labute approximate surface area is 97.7 Å². The van der Waals surface area contributed by atoms with E-state index in [0.29, 0.717) is 13.0 Å². The van der Waals surface area contributed by atoms with Gasteiger partial charge in [-0.2, -0.15) is 0 Å². The number of β-amino-alcohol motifs (C(OH)–C–C–N with tert-alkyl or cyclic N) is 1. The molecule has 1 N–H and O–H groups in total. The van der Waals surface area contributed by atoms with Gasteiger partial charge in [0.1, 0.15) is 0 Å². The van der Waals surface area contributed by atoms with E-state index in [1.807, 2.05) is 0 Å². The Morgan fingerprint density at radius 2 is 2.12 bits per heavy atom. The second-order valence-electron chi connectivity index (χ2n) is 4.18. The molecule has 0 radical (unpaired) electrons. The first-order valence-corrected chi connectivity index (χ1v) is 5.50. The summed E-state index contributed by atoms with van der Waals surface area (Å²) in [5, 5.41) is 9.45. The molecular weight excluding hydrogens is 228 g/mol. The van der Waals surface area contributed by atoms with Gasteiger partial charge in [0, 0.05) is 18.7 Å². The molecule has 1 aliphatic heterocycles. The summed E-state index contributed by atoms with van der Waals surface area (Å²) < 4.78 is 25.7. The summed E-state index contributed by atoms with van der Waals surface area (Å²) in [6.45, 7) is 0.784. The van der Waals surface area contributed by atoms with E-state index in [1.54, 1.807) is 0 Å². The molecule has 92 valence electrons. The van der Waals surface area contributed by atoms with Gasteiger partial charge in [-0.3, -0.25) is 4.79 Å². The first-order valence-electron chi connectivity index (χ1n) is 5.50. The van der Waals surface area contributed by atoms with E-state index in [-0.39, 0.29) is 18.0 Å². The van der Waals surface area contributed by atoms with Crippen molar-refractivity contribution >= 4 is 5.91 Å². The van der Waals surface area contributed by atoms with E-state index in [1.165, 1.54) is 11.0 Å². The lowest BCUT2D eigenvalue weighted by atomic mass is 10.1. The molecule has 1 aromatic carbocycles. The lowest BCUT2D eigenvalue weighted by Crippen LogP contribution is -2.42. The summed E-state index contributed by atoms with van der Waals surface area (Å²) in [6, 6.07) is 3.07. The normalized spacial score (nSPS) is 20.4. The highest BCUT2D eigenvalue weighted by Gasteiger charge is 2.23. The van der Waals surface area contributed by atoms with Gasteiger partial charge >= 0.3 is 0 Å². The van der Waals surface area contributed by atoms with Crippen LogP contribution in [0, 0.1) is 11.6 Å². The first kappa shape index (κ1) is 12.0. The van der Waals surface area contributed by atoms with Gasteiger partial charge in [0.2, 0.25) is 0 Å². The van der Waals surface area contributed by atoms with Crippen molar-refractivity contribution in [1.29, 1.82) is 0 Å². The molecule has 1 saturated heterocycles. The van der Waals surface area contributed by atoms with Crippen molar-refractivity contribution < 1.29 is 18.7 Å². The van der Waals surface area contributed by atoms with Gasteiger partial charge in [-0.25, -0.2) is 8.78 Å². The number of hydrogen-bond donors (Lipinski definition) is 1. The van der Waals surface area contributed by atoms with Crippen molar-refractivity contribution in [3.63, 3.8) is 0 Å². The molecule has 1 fully saturated rings. The number of benzene rings is 1. The molecular formula is C12H13F2NO2. The predicted octanol–water partition coefficient (Wildman–Crippen LogP) is 1.56. The maximum absolute atomic E-state index is 13.0. The molecule has 5 heteroatoms. The molecule has 0 unspecified atom stereocenters. The van der Waals surface area contributed by atoms with Crippen molar-refractivity contribution in [3.05, 3.63) is 35.4 Å². The number of carbonyl (C=O) groups excluding carboxylic acids is 1. The number of rotatable bonds is 1. The number of halogens is 2. The molecule has 2 rings (SSSR count). The van der Waals surface area contributed by atoms with Crippen LogP contribution in [0.15, 0.2) is 18.2 Å². The standard InChI is InChI=1S/C12H13F2NO2/c13-10-4-3-8(6-11(10)14)12(17)15-5-1-2-9(16)7-15/h3-4,6,9,16H,1-2,5,7H2/t9-/m0/s1. The minimum atomic E-state index is -1.03. The summed E-state index contributed by atoms with van der Waals surface area (Å²) in [5.41, 5.74) is 0.109. The molecule has 0 spiro atoms. The smallest absolute Gasteiger partial charge is 0.254 e. The van der Waals surface area contributed by atoms with Crippen molar-refractivity contribution in [2.75, 3.05) is 13.1 Å². The molecule has 1 aliphatic rings. The Kier molecular flexibility index (Phi) is 3.38. The average Bonchev–Trinajstić information content (AvgIpc) is 2.32. The molecule has 1 amide bonds. The second kappa shape index (κ2) is 4.79. The van der Waals surface area contributed by atoms with Gasteiger partial charge in [-0.05, 0) is 31.0 Å². The van der Waals surface area contributed by atoms with Crippen LogP contribution in [-0.2, 0) is 0 Å². The molecule has 1 aromatic rings. The number of amides is 1. The third-order valence-electron chi connectivity index (χ3n) is 2.85. The molecule has 1 atom stereocenters. The van der Waals surface area contributed by atoms with Gasteiger partial charge in [0.25, 0.3) is 5.91 Å². The van der Waals surface area contributed by atoms with Gasteiger partial charge in [-0.1, -0.05) is 0 Å². The Bertz CT molecular complexity index is 437. The number of aliphatic hydroxyl groups excluding tert-OH is 1. The Hall–Kier alpha value is -1.49. The zero-order valence-electron chi connectivity index (χ0n) is 9.20.